The van der Waals surface area contributed by atoms with Gasteiger partial charge < -0.3 is 0 Å². The Morgan fingerprint density at radius 1 is 1.25 bits per heavy atom. The van der Waals surface area contributed by atoms with Crippen molar-refractivity contribution in [3.05, 3.63) is 0 Å². The molecule has 0 saturated heterocycles. The average Bonchev–Trinajstić information content (AvgIpc) is 1.00. The first-order valence-corrected chi connectivity index (χ1v) is 0.561. The predicted molar refractivity (Wildman–Crippen MR) is 12.2 cm³/mol. The van der Waals surface area contributed by atoms with E-state index in [9.17, 15) is 0 Å². The maximum absolute atomic E-state index is 7.94. The Hall–Kier alpha value is 1.17. The fourth-order valence-corrected chi connectivity index (χ4v) is 0. The Kier molecular flexibility index (Phi) is 146. The van der Waals surface area contributed by atoms with Gasteiger partial charge in [0, 0.05) is 32.3 Å². The minimum Gasteiger partial charge on any atom is 0 e. The third-order valence-electron chi connectivity index (χ3n) is 0. The summed E-state index contributed by atoms with van der Waals surface area (Å²) in [5.41, 5.74) is 0. The van der Waals surface area contributed by atoms with Gasteiger partial charge in [-0.2, -0.15) is 0 Å². The van der Waals surface area contributed by atoms with Gasteiger partial charge in [-0.05, 0) is 0 Å². The van der Waals surface area contributed by atoms with E-state index in [0.717, 1.165) is 0 Å². The van der Waals surface area contributed by atoms with Crippen molar-refractivity contribution < 1.29 is 19.5 Å². The van der Waals surface area contributed by atoms with Crippen molar-refractivity contribution in [2.24, 2.45) is 0 Å². The zero-order valence-corrected chi connectivity index (χ0v) is 5.71. The third-order valence-corrected chi connectivity index (χ3v) is 0. The smallest absolute Gasteiger partial charge is 0 e. The molecule has 0 heterocycles. The van der Waals surface area contributed by atoms with Crippen LogP contribution in [0.25, 0.3) is 0 Å². The molecule has 0 aromatic heterocycles. The molecule has 0 unspecified atom stereocenters. The Morgan fingerprint density at radius 3 is 1.25 bits per heavy atom. The molecule has 0 bridgehead atoms. The van der Waals surface area contributed by atoms with Gasteiger partial charge in [0.05, 0.1) is 0 Å². The number of hydrogen-bond acceptors (Lipinski definition) is 1. The molecule has 7 radical (unpaired) electrons. The van der Waals surface area contributed by atoms with Crippen molar-refractivity contribution >= 4 is 32.3 Å². The molecule has 0 aliphatic rings. The fourth-order valence-electron chi connectivity index (χ4n) is 0. The van der Waals surface area contributed by atoms with Gasteiger partial charge in [-0.15, -0.1) is 0 Å². The number of hydrogen-bond donors (Lipinski definition) is 0. The summed E-state index contributed by atoms with van der Waals surface area (Å²) in [6.45, 7) is 0. The van der Waals surface area contributed by atoms with Crippen LogP contribution in [0.3, 0.4) is 0 Å². The molecule has 22 valence electrons. The maximum atomic E-state index is 7.94. The minimum absolute atomic E-state index is 0. The van der Waals surface area contributed by atoms with Crippen LogP contribution in [0.15, 0.2) is 0 Å². The van der Waals surface area contributed by atoms with Crippen LogP contribution >= 0.6 is 0 Å². The average molecular weight is 204 g/mol. The first-order valence-electron chi connectivity index (χ1n) is 0.136. The van der Waals surface area contributed by atoms with Crippen molar-refractivity contribution in [1.82, 2.24) is 0 Å². The second kappa shape index (κ2) is 30.6. The molecule has 0 fully saturated rings. The molecule has 4 heteroatoms. The van der Waals surface area contributed by atoms with Crippen LogP contribution in [-0.4, -0.2) is 32.3 Å². The molecule has 4 heavy (non-hydrogen) atoms. The van der Waals surface area contributed by atoms with E-state index in [1.807, 2.05) is 0 Å². The van der Waals surface area contributed by atoms with Crippen LogP contribution in [0.1, 0.15) is 0 Å². The van der Waals surface area contributed by atoms with E-state index in [0.29, 0.717) is 0 Å². The maximum Gasteiger partial charge on any atom is 0 e. The van der Waals surface area contributed by atoms with Crippen molar-refractivity contribution in [3.63, 3.8) is 0 Å². The normalized spacial score (nSPS) is 1.25. The van der Waals surface area contributed by atoms with Crippen molar-refractivity contribution in [2.45, 2.75) is 0 Å². The van der Waals surface area contributed by atoms with Gasteiger partial charge in [-0.1, -0.05) is 0 Å². The molecule has 0 N–H and O–H groups in total. The van der Waals surface area contributed by atoms with Crippen LogP contribution in [0.5, 0.6) is 0 Å². The van der Waals surface area contributed by atoms with E-state index >= 15 is 0 Å². The van der Waals surface area contributed by atoms with Crippen LogP contribution in [-0.2, 0) is 19.5 Å². The first kappa shape index (κ1) is 19.1. The van der Waals surface area contributed by atoms with Gasteiger partial charge in [0.1, 0.15) is 0 Å². The summed E-state index contributed by atoms with van der Waals surface area (Å²) in [6, 6.07) is 0. The SMILES string of the molecule is [B].[O]=[Co].[Sn]. The number of rotatable bonds is 0. The molecule has 0 atom stereocenters. The van der Waals surface area contributed by atoms with Crippen LogP contribution in [0, 0.1) is 0 Å². The van der Waals surface area contributed by atoms with Crippen LogP contribution in [0.2, 0.25) is 0 Å². The quantitative estimate of drug-likeness (QED) is 0.468. The summed E-state index contributed by atoms with van der Waals surface area (Å²) >= 11 is 2.31. The summed E-state index contributed by atoms with van der Waals surface area (Å²) in [6.07, 6.45) is 0. The van der Waals surface area contributed by atoms with E-state index in [1.54, 1.807) is 0 Å². The molecule has 0 aliphatic heterocycles. The van der Waals surface area contributed by atoms with Gasteiger partial charge in [0.2, 0.25) is 0 Å². The topological polar surface area (TPSA) is 17.1 Å². The molecular weight excluding hydrogens is 204 g/mol. The largest absolute Gasteiger partial charge is 0 e. The van der Waals surface area contributed by atoms with E-state index in [4.69, 9.17) is 3.87 Å². The van der Waals surface area contributed by atoms with Crippen molar-refractivity contribution in [1.29, 1.82) is 0 Å². The molecular formula is BCoOSn. The van der Waals surface area contributed by atoms with Gasteiger partial charge in [-0.25, -0.2) is 0 Å². The second-order valence-corrected chi connectivity index (χ2v) is 0. The second-order valence-electron chi connectivity index (χ2n) is 0. The van der Waals surface area contributed by atoms with Crippen LogP contribution < -0.4 is 0 Å². The standard InChI is InChI=1S/B.Co.O.Sn. The van der Waals surface area contributed by atoms with Gasteiger partial charge in [-0.3, -0.25) is 0 Å². The molecule has 1 nitrogen and oxygen atoms in total. The zero-order valence-electron chi connectivity index (χ0n) is 1.82. The monoisotopic (exact) mass is 206 g/mol. The molecule has 0 aliphatic carbocycles. The van der Waals surface area contributed by atoms with Crippen molar-refractivity contribution in [3.8, 4) is 0 Å². The molecule has 0 aromatic carbocycles. The molecule has 0 spiro atoms. The Labute approximate surface area is 51.8 Å². The third kappa shape index (κ3) is 10.9. The predicted octanol–water partition coefficient (Wildman–Crippen LogP) is -0.883. The molecule has 0 saturated carbocycles. The van der Waals surface area contributed by atoms with Gasteiger partial charge in [0.25, 0.3) is 0 Å². The Morgan fingerprint density at radius 2 is 1.25 bits per heavy atom. The van der Waals surface area contributed by atoms with E-state index < -0.39 is 0 Å². The van der Waals surface area contributed by atoms with Gasteiger partial charge in [0.15, 0.2) is 0 Å². The zero-order chi connectivity index (χ0) is 2.00. The van der Waals surface area contributed by atoms with Gasteiger partial charge >= 0.3 is 19.5 Å². The summed E-state index contributed by atoms with van der Waals surface area (Å²) in [5, 5.41) is 0. The summed E-state index contributed by atoms with van der Waals surface area (Å²) in [7, 11) is 0. The van der Waals surface area contributed by atoms with E-state index in [1.165, 1.54) is 0 Å². The van der Waals surface area contributed by atoms with Crippen LogP contribution in [0.4, 0.5) is 0 Å². The fraction of sp³-hybridized carbons (Fsp3) is 0. The van der Waals surface area contributed by atoms with E-state index in [2.05, 4.69) is 15.7 Å². The Bertz CT molecular complexity index is 8.00. The summed E-state index contributed by atoms with van der Waals surface area (Å²) in [4.78, 5) is 0. The minimum atomic E-state index is 0. The Balaban J connectivity index is -0.00000000500. The first-order chi connectivity index (χ1) is 1.00. The summed E-state index contributed by atoms with van der Waals surface area (Å²) in [5.74, 6) is 0. The molecule has 0 aromatic rings. The molecule has 0 rings (SSSR count). The van der Waals surface area contributed by atoms with Crippen molar-refractivity contribution in [2.75, 3.05) is 0 Å². The molecule has 0 amide bonds. The summed E-state index contributed by atoms with van der Waals surface area (Å²) < 4.78 is 7.94. The van der Waals surface area contributed by atoms with E-state index in [-0.39, 0.29) is 32.3 Å².